The number of para-hydroxylation sites is 9. The Morgan fingerprint density at radius 3 is 1.12 bits per heavy atom. The quantitative estimate of drug-likeness (QED) is 0.155. The molecule has 0 N–H and O–H groups in total. The number of fused-ring (bicyclic) bond motifs is 14. The van der Waals surface area contributed by atoms with Gasteiger partial charge in [-0.15, -0.1) is 0 Å². The molecule has 13 aromatic carbocycles. The van der Waals surface area contributed by atoms with E-state index in [2.05, 4.69) is 308 Å². The number of rotatable bonds is 6. The summed E-state index contributed by atoms with van der Waals surface area (Å²) >= 11 is 0. The third-order valence-electron chi connectivity index (χ3n) is 19.2. The number of hydrogen-bond donors (Lipinski definition) is 0. The van der Waals surface area contributed by atoms with Crippen molar-refractivity contribution in [3.05, 3.63) is 302 Å². The molecule has 0 aliphatic carbocycles. The molecule has 0 amide bonds. The van der Waals surface area contributed by atoms with Crippen LogP contribution < -0.4 is 52.4 Å². The molecule has 0 spiro atoms. The van der Waals surface area contributed by atoms with Gasteiger partial charge in [-0.2, -0.15) is 10.5 Å². The molecule has 0 radical (unpaired) electrons. The van der Waals surface area contributed by atoms with E-state index in [-0.39, 0.29) is 13.4 Å². The Kier molecular flexibility index (Phi) is 10.6. The topological polar surface area (TPSA) is 70.4 Å². The summed E-state index contributed by atoms with van der Waals surface area (Å²) in [6.07, 6.45) is 0. The van der Waals surface area contributed by atoms with Crippen LogP contribution in [0.25, 0.3) is 55.0 Å². The average Bonchev–Trinajstić information content (AvgIpc) is 0.760. The van der Waals surface area contributed by atoms with Gasteiger partial charge in [0.2, 0.25) is 0 Å². The number of anilines is 12. The van der Waals surface area contributed by atoms with E-state index in [1.54, 1.807) is 0 Å². The maximum atomic E-state index is 11.0. The van der Waals surface area contributed by atoms with Gasteiger partial charge in [0, 0.05) is 89.8 Å². The fraction of sp³-hybridized carbons (Fsp3) is 0. The molecule has 10 heteroatoms. The first-order valence-electron chi connectivity index (χ1n) is 30.6. The van der Waals surface area contributed by atoms with Gasteiger partial charge >= 0.3 is 0 Å². The van der Waals surface area contributed by atoms with Gasteiger partial charge in [-0.1, -0.05) is 158 Å². The predicted molar refractivity (Wildman–Crippen MR) is 373 cm³/mol. The molecule has 15 aromatic rings. The maximum Gasteiger partial charge on any atom is 0.252 e. The molecule has 4 aliphatic rings. The number of nitriles is 2. The molecule has 90 heavy (non-hydrogen) atoms. The molecule has 0 saturated heterocycles. The lowest BCUT2D eigenvalue weighted by Crippen LogP contribution is -2.64. The van der Waals surface area contributed by atoms with Crippen molar-refractivity contribution in [3.63, 3.8) is 0 Å². The second-order valence-corrected chi connectivity index (χ2v) is 23.8. The molecule has 414 valence electrons. The molecule has 0 unspecified atom stereocenters. The molecule has 0 fully saturated rings. The second kappa shape index (κ2) is 19.1. The summed E-state index contributed by atoms with van der Waals surface area (Å²) in [5.74, 6) is 0. The van der Waals surface area contributed by atoms with E-state index >= 15 is 0 Å². The van der Waals surface area contributed by atoms with E-state index in [4.69, 9.17) is 0 Å². The highest BCUT2D eigenvalue weighted by atomic mass is 15.2. The van der Waals surface area contributed by atoms with Gasteiger partial charge in [-0.25, -0.2) is 0 Å². The Balaban J connectivity index is 0.949. The maximum absolute atomic E-state index is 11.0. The van der Waals surface area contributed by atoms with Crippen molar-refractivity contribution in [2.45, 2.75) is 0 Å². The Morgan fingerprint density at radius 1 is 0.256 bits per heavy atom. The number of benzene rings is 13. The first-order chi connectivity index (χ1) is 44.6. The average molecular weight is 1140 g/mol. The van der Waals surface area contributed by atoms with Crippen LogP contribution in [0.1, 0.15) is 11.1 Å². The van der Waals surface area contributed by atoms with Crippen LogP contribution in [0.3, 0.4) is 0 Å². The molecular weight excluding hydrogens is 1090 g/mol. The summed E-state index contributed by atoms with van der Waals surface area (Å²) in [6.45, 7) is -0.440. The van der Waals surface area contributed by atoms with Crippen molar-refractivity contribution in [3.8, 4) is 23.5 Å². The zero-order chi connectivity index (χ0) is 59.3. The van der Waals surface area contributed by atoms with Gasteiger partial charge < -0.3 is 28.7 Å². The lowest BCUT2D eigenvalue weighted by atomic mass is 9.31. The highest BCUT2D eigenvalue weighted by Gasteiger charge is 2.49. The van der Waals surface area contributed by atoms with Gasteiger partial charge in [-0.3, -0.25) is 0 Å². The van der Waals surface area contributed by atoms with Crippen LogP contribution >= 0.6 is 0 Å². The minimum absolute atomic E-state index is 0.216. The fourth-order valence-electron chi connectivity index (χ4n) is 15.7. The van der Waals surface area contributed by atoms with Crippen molar-refractivity contribution < 1.29 is 0 Å². The molecule has 6 heterocycles. The summed E-state index contributed by atoms with van der Waals surface area (Å²) in [5, 5.41) is 25.5. The molecule has 0 saturated carbocycles. The summed E-state index contributed by atoms with van der Waals surface area (Å²) in [5.41, 5.74) is 27.4. The molecular formula is C80H48B2N8. The van der Waals surface area contributed by atoms with Crippen LogP contribution in [0, 0.1) is 22.7 Å². The smallest absolute Gasteiger partial charge is 0.252 e. The highest BCUT2D eigenvalue weighted by molar-refractivity contribution is 7.02. The Bertz CT molecular complexity index is 5630. The van der Waals surface area contributed by atoms with E-state index in [1.165, 1.54) is 32.8 Å². The van der Waals surface area contributed by atoms with E-state index < -0.39 is 0 Å². The van der Waals surface area contributed by atoms with Crippen molar-refractivity contribution in [2.75, 3.05) is 19.6 Å². The summed E-state index contributed by atoms with van der Waals surface area (Å²) in [4.78, 5) is 10.0. The van der Waals surface area contributed by atoms with Crippen molar-refractivity contribution in [1.82, 2.24) is 9.13 Å². The zero-order valence-electron chi connectivity index (χ0n) is 48.4. The summed E-state index contributed by atoms with van der Waals surface area (Å²) < 4.78 is 4.73. The van der Waals surface area contributed by atoms with Crippen molar-refractivity contribution in [1.29, 1.82) is 10.5 Å². The third kappa shape index (κ3) is 6.96. The minimum Gasteiger partial charge on any atom is -0.311 e. The summed E-state index contributed by atoms with van der Waals surface area (Å²) in [7, 11) is 0. The third-order valence-corrected chi connectivity index (χ3v) is 19.2. The first kappa shape index (κ1) is 50.0. The lowest BCUT2D eigenvalue weighted by molar-refractivity contribution is 1.15. The van der Waals surface area contributed by atoms with Crippen LogP contribution in [0.2, 0.25) is 0 Å². The molecule has 4 aliphatic heterocycles. The molecule has 0 atom stereocenters. The van der Waals surface area contributed by atoms with Crippen molar-refractivity contribution >= 4 is 158 Å². The van der Waals surface area contributed by atoms with Crippen LogP contribution in [0.4, 0.5) is 68.2 Å². The Hall–Kier alpha value is -12.2. The van der Waals surface area contributed by atoms with Gasteiger partial charge in [-0.05, 0) is 166 Å². The van der Waals surface area contributed by atoms with E-state index in [9.17, 15) is 10.5 Å². The summed E-state index contributed by atoms with van der Waals surface area (Å²) in [6, 6.07) is 111. The first-order valence-corrected chi connectivity index (χ1v) is 30.6. The number of aromatic nitrogens is 2. The molecule has 19 rings (SSSR count). The highest BCUT2D eigenvalue weighted by Crippen LogP contribution is 2.50. The van der Waals surface area contributed by atoms with Crippen LogP contribution in [0.15, 0.2) is 291 Å². The van der Waals surface area contributed by atoms with Gasteiger partial charge in [0.25, 0.3) is 13.4 Å². The largest absolute Gasteiger partial charge is 0.311 e. The van der Waals surface area contributed by atoms with E-state index in [1.807, 2.05) is 24.3 Å². The normalized spacial score (nSPS) is 13.2. The zero-order valence-corrected chi connectivity index (χ0v) is 48.4. The standard InChI is InChI=1S/C80H48B2N8/c83-49-51-40-41-69-62(42-51)60-32-14-17-36-67(60)89(69)57-43-74-78-76(44-57)87(55-27-9-3-10-28-55)72-47-66-73(48-65(72)81(78)63-34-15-19-38-70(63)85(74)53-23-5-1-6-24-53)88(56-29-11-4-12-30-56)77-46-58(90-68-37-18-13-31-59(68)61-33-21-22-52(50-84)80(61)90)45-75-79(77)82(66)64-35-16-20-39-71(64)86(75)54-25-7-2-8-26-54/h1-48H. The van der Waals surface area contributed by atoms with Crippen LogP contribution in [-0.4, -0.2) is 22.6 Å². The minimum atomic E-state index is -0.225. The van der Waals surface area contributed by atoms with Gasteiger partial charge in [0.15, 0.2) is 0 Å². The van der Waals surface area contributed by atoms with Crippen LogP contribution in [-0.2, 0) is 0 Å². The van der Waals surface area contributed by atoms with Gasteiger partial charge in [0.05, 0.1) is 50.6 Å². The molecule has 0 bridgehead atoms. The Morgan fingerprint density at radius 2 is 0.644 bits per heavy atom. The van der Waals surface area contributed by atoms with Gasteiger partial charge in [0.1, 0.15) is 6.07 Å². The second-order valence-electron chi connectivity index (χ2n) is 23.8. The van der Waals surface area contributed by atoms with Crippen molar-refractivity contribution in [2.24, 2.45) is 0 Å². The lowest BCUT2D eigenvalue weighted by Gasteiger charge is -2.47. The van der Waals surface area contributed by atoms with E-state index in [0.717, 1.165) is 123 Å². The molecule has 2 aromatic heterocycles. The molecule has 8 nitrogen and oxygen atoms in total. The van der Waals surface area contributed by atoms with E-state index in [0.29, 0.717) is 11.1 Å². The number of nitrogens with zero attached hydrogens (tertiary/aromatic N) is 8. The fourth-order valence-corrected chi connectivity index (χ4v) is 15.7. The Labute approximate surface area is 520 Å². The number of hydrogen-bond acceptors (Lipinski definition) is 6. The van der Waals surface area contributed by atoms with Crippen LogP contribution in [0.5, 0.6) is 0 Å². The SMILES string of the molecule is N#Cc1ccc2c(c1)c1ccccc1n2-c1cc2c3c(c1)N(c1ccccc1)c1cc4c(cc1B3c1ccccc1N2c1ccccc1)N(c1ccccc1)c1cc(-n2c3ccccc3c3cccc(C#N)c32)cc2c1B4c1ccccc1N2c1ccccc1. The predicted octanol–water partition coefficient (Wildman–Crippen LogP) is 15.8. The monoisotopic (exact) mass is 1140 g/mol.